The number of aryl methyl sites for hydroxylation is 3. The third kappa shape index (κ3) is 4.40. The smallest absolute Gasteiger partial charge is 0.288 e. The lowest BCUT2D eigenvalue weighted by atomic mass is 10.1. The molecular weight excluding hydrogens is 371 g/mol. The van der Waals surface area contributed by atoms with Crippen LogP contribution in [0.3, 0.4) is 0 Å². The van der Waals surface area contributed by atoms with E-state index in [4.69, 9.17) is 5.21 Å². The first kappa shape index (κ1) is 19.6. The Bertz CT molecular complexity index is 962. The molecule has 0 radical (unpaired) electrons. The van der Waals surface area contributed by atoms with Crippen molar-refractivity contribution in [1.82, 2.24) is 15.3 Å². The van der Waals surface area contributed by atoms with E-state index in [2.05, 4.69) is 5.10 Å². The van der Waals surface area contributed by atoms with E-state index in [1.807, 2.05) is 19.1 Å². The fourth-order valence-electron chi connectivity index (χ4n) is 2.80. The molecule has 0 saturated heterocycles. The largest absolute Gasteiger partial charge is 0.433 e. The van der Waals surface area contributed by atoms with E-state index < -0.39 is 17.8 Å². The van der Waals surface area contributed by atoms with Crippen LogP contribution in [-0.2, 0) is 19.1 Å². The van der Waals surface area contributed by atoms with Gasteiger partial charge in [0.15, 0.2) is 0 Å². The Balaban J connectivity index is 1.82. The lowest BCUT2D eigenvalue weighted by Crippen LogP contribution is -2.18. The minimum atomic E-state index is -4.51. The van der Waals surface area contributed by atoms with E-state index in [1.165, 1.54) is 17.6 Å². The monoisotopic (exact) mass is 389 g/mol. The predicted molar refractivity (Wildman–Crippen MR) is 96.8 cm³/mol. The lowest BCUT2D eigenvalue weighted by Gasteiger charge is -2.10. The molecule has 1 heterocycles. The van der Waals surface area contributed by atoms with Crippen molar-refractivity contribution in [2.45, 2.75) is 26.1 Å². The molecule has 0 aliphatic heterocycles. The van der Waals surface area contributed by atoms with Gasteiger partial charge in [-0.2, -0.15) is 18.3 Å². The third-order valence-electron chi connectivity index (χ3n) is 4.35. The molecule has 3 rings (SSSR count). The quantitative estimate of drug-likeness (QED) is 0.507. The van der Waals surface area contributed by atoms with Crippen LogP contribution < -0.4 is 5.48 Å². The normalized spacial score (nSPS) is 11.5. The third-order valence-corrected chi connectivity index (χ3v) is 4.35. The van der Waals surface area contributed by atoms with Crippen molar-refractivity contribution < 1.29 is 23.2 Å². The zero-order valence-corrected chi connectivity index (χ0v) is 15.0. The van der Waals surface area contributed by atoms with Gasteiger partial charge < -0.3 is 0 Å². The Morgan fingerprint density at radius 1 is 1.11 bits per heavy atom. The molecular formula is C20H18F3N3O2. The van der Waals surface area contributed by atoms with Crippen LogP contribution in [0.25, 0.3) is 11.3 Å². The summed E-state index contributed by atoms with van der Waals surface area (Å²) in [4.78, 5) is 11.3. The molecule has 0 saturated carbocycles. The van der Waals surface area contributed by atoms with Crippen molar-refractivity contribution in [3.63, 3.8) is 0 Å². The predicted octanol–water partition coefficient (Wildman–Crippen LogP) is 4.24. The van der Waals surface area contributed by atoms with Crippen molar-refractivity contribution in [2.75, 3.05) is 0 Å². The zero-order chi connectivity index (χ0) is 20.3. The molecule has 1 amide bonds. The molecule has 3 aromatic rings. The van der Waals surface area contributed by atoms with Crippen molar-refractivity contribution in [3.05, 3.63) is 77.0 Å². The molecule has 2 N–H and O–H groups in total. The number of amides is 1. The molecule has 5 nitrogen and oxygen atoms in total. The molecule has 0 aliphatic rings. The number of alkyl halides is 3. The van der Waals surface area contributed by atoms with Gasteiger partial charge in [0.1, 0.15) is 5.69 Å². The number of halogens is 3. The van der Waals surface area contributed by atoms with E-state index in [9.17, 15) is 18.0 Å². The molecule has 2 aromatic carbocycles. The minimum absolute atomic E-state index is 0.0340. The molecule has 1 aromatic heterocycles. The second-order valence-electron chi connectivity index (χ2n) is 6.39. The van der Waals surface area contributed by atoms with Crippen LogP contribution in [0.1, 0.15) is 27.2 Å². The molecule has 0 fully saturated rings. The number of nitrogens with one attached hydrogen (secondary N) is 1. The average Bonchev–Trinajstić information content (AvgIpc) is 3.11. The van der Waals surface area contributed by atoms with Gasteiger partial charge in [0.2, 0.25) is 0 Å². The first-order chi connectivity index (χ1) is 13.3. The van der Waals surface area contributed by atoms with Gasteiger partial charge >= 0.3 is 6.18 Å². The number of benzene rings is 2. The summed E-state index contributed by atoms with van der Waals surface area (Å²) < 4.78 is 41.2. The summed E-state index contributed by atoms with van der Waals surface area (Å²) in [6.45, 7) is 1.94. The average molecular weight is 389 g/mol. The zero-order valence-electron chi connectivity index (χ0n) is 15.0. The van der Waals surface area contributed by atoms with Gasteiger partial charge in [-0.3, -0.25) is 14.7 Å². The fraction of sp³-hybridized carbons (Fsp3) is 0.200. The van der Waals surface area contributed by atoms with Crippen LogP contribution >= 0.6 is 0 Å². The Kier molecular flexibility index (Phi) is 5.51. The number of hydrogen-bond acceptors (Lipinski definition) is 3. The van der Waals surface area contributed by atoms with Crippen molar-refractivity contribution in [1.29, 1.82) is 0 Å². The number of carbonyl (C=O) groups excluding carboxylic acids is 1. The van der Waals surface area contributed by atoms with Crippen LogP contribution in [0.15, 0.2) is 54.6 Å². The van der Waals surface area contributed by atoms with Gasteiger partial charge in [-0.15, -0.1) is 0 Å². The van der Waals surface area contributed by atoms with Gasteiger partial charge in [0, 0.05) is 17.7 Å². The highest BCUT2D eigenvalue weighted by Crippen LogP contribution is 2.32. The Morgan fingerprint density at radius 3 is 2.32 bits per heavy atom. The summed E-state index contributed by atoms with van der Waals surface area (Å²) in [5.41, 5.74) is 3.62. The molecule has 0 bridgehead atoms. The fourth-order valence-corrected chi connectivity index (χ4v) is 2.80. The van der Waals surface area contributed by atoms with Gasteiger partial charge in [0.05, 0.1) is 5.69 Å². The first-order valence-corrected chi connectivity index (χ1v) is 8.53. The van der Waals surface area contributed by atoms with Crippen LogP contribution in [0.4, 0.5) is 13.2 Å². The van der Waals surface area contributed by atoms with Crippen molar-refractivity contribution >= 4 is 5.91 Å². The number of nitrogens with zero attached hydrogens (tertiary/aromatic N) is 2. The van der Waals surface area contributed by atoms with Gasteiger partial charge in [-0.05, 0) is 37.1 Å². The summed E-state index contributed by atoms with van der Waals surface area (Å²) >= 11 is 0. The number of aromatic nitrogens is 2. The van der Waals surface area contributed by atoms with Gasteiger partial charge in [-0.1, -0.05) is 42.0 Å². The molecule has 146 valence electrons. The molecule has 0 spiro atoms. The number of carbonyl (C=O) groups is 1. The highest BCUT2D eigenvalue weighted by molar-refractivity contribution is 5.93. The standard InChI is InChI=1S/C20H18F3N3O2/c1-13-2-6-15(7-3-13)17-12-18(20(21,22)23)26(24-17)11-10-14-4-8-16(9-5-14)19(27)25-28/h2-9,12,28H,10-11H2,1H3,(H,25,27). The second-order valence-corrected chi connectivity index (χ2v) is 6.39. The van der Waals surface area contributed by atoms with E-state index in [0.29, 0.717) is 12.0 Å². The summed E-state index contributed by atoms with van der Waals surface area (Å²) in [5, 5.41) is 12.8. The Morgan fingerprint density at radius 2 is 1.75 bits per heavy atom. The topological polar surface area (TPSA) is 67.2 Å². The lowest BCUT2D eigenvalue weighted by molar-refractivity contribution is -0.144. The Hall–Kier alpha value is -3.13. The second kappa shape index (κ2) is 7.85. The van der Waals surface area contributed by atoms with E-state index >= 15 is 0 Å². The highest BCUT2D eigenvalue weighted by Gasteiger charge is 2.35. The summed E-state index contributed by atoms with van der Waals surface area (Å²) in [6.07, 6.45) is -4.21. The van der Waals surface area contributed by atoms with E-state index in [0.717, 1.165) is 21.9 Å². The van der Waals surface area contributed by atoms with Crippen LogP contribution in [0.2, 0.25) is 0 Å². The highest BCUT2D eigenvalue weighted by atomic mass is 19.4. The van der Waals surface area contributed by atoms with E-state index in [-0.39, 0.29) is 17.8 Å². The maximum Gasteiger partial charge on any atom is 0.433 e. The summed E-state index contributed by atoms with van der Waals surface area (Å²) in [5.74, 6) is -0.652. The molecule has 0 atom stereocenters. The van der Waals surface area contributed by atoms with Gasteiger partial charge in [-0.25, -0.2) is 5.48 Å². The van der Waals surface area contributed by atoms with E-state index in [1.54, 1.807) is 24.3 Å². The molecule has 28 heavy (non-hydrogen) atoms. The molecule has 0 aliphatic carbocycles. The maximum absolute atomic E-state index is 13.4. The molecule has 0 unspecified atom stereocenters. The minimum Gasteiger partial charge on any atom is -0.288 e. The van der Waals surface area contributed by atoms with Crippen molar-refractivity contribution in [3.8, 4) is 11.3 Å². The summed E-state index contributed by atoms with van der Waals surface area (Å²) in [7, 11) is 0. The molecule has 8 heteroatoms. The van der Waals surface area contributed by atoms with Crippen molar-refractivity contribution in [2.24, 2.45) is 0 Å². The SMILES string of the molecule is Cc1ccc(-c2cc(C(F)(F)F)n(CCc3ccc(C(=O)NO)cc3)n2)cc1. The number of hydrogen-bond donors (Lipinski definition) is 2. The maximum atomic E-state index is 13.4. The Labute approximate surface area is 159 Å². The number of rotatable bonds is 5. The van der Waals surface area contributed by atoms with Crippen LogP contribution in [0.5, 0.6) is 0 Å². The van der Waals surface area contributed by atoms with Crippen LogP contribution in [0, 0.1) is 6.92 Å². The summed E-state index contributed by atoms with van der Waals surface area (Å²) in [6, 6.07) is 14.4. The first-order valence-electron chi connectivity index (χ1n) is 8.53. The van der Waals surface area contributed by atoms with Crippen LogP contribution in [-0.4, -0.2) is 20.9 Å². The number of hydroxylamine groups is 1. The van der Waals surface area contributed by atoms with Gasteiger partial charge in [0.25, 0.3) is 5.91 Å².